The number of halogens is 5. The molecule has 0 radical (unpaired) electrons. The Kier molecular flexibility index (Phi) is 5.07. The van der Waals surface area contributed by atoms with Crippen molar-refractivity contribution < 1.29 is 36.2 Å². The van der Waals surface area contributed by atoms with E-state index in [4.69, 9.17) is 5.26 Å². The minimum Gasteiger partial charge on any atom is -0.462 e. The second kappa shape index (κ2) is 6.39. The number of nitrogens with zero attached hydrogens (tertiary/aromatic N) is 1. The van der Waals surface area contributed by atoms with Gasteiger partial charge in [-0.25, -0.2) is 13.6 Å². The highest BCUT2D eigenvalue weighted by Crippen LogP contribution is 2.33. The van der Waals surface area contributed by atoms with Crippen LogP contribution in [0.15, 0.2) is 12.1 Å². The first-order valence-corrected chi connectivity index (χ1v) is 5.48. The number of carbonyl (C=O) groups excluding carboxylic acids is 1. The molecule has 0 heterocycles. The van der Waals surface area contributed by atoms with Gasteiger partial charge in [0.05, 0.1) is 18.2 Å². The van der Waals surface area contributed by atoms with Crippen molar-refractivity contribution in [2.24, 2.45) is 0 Å². The molecular formula is C12H8F5NO3. The number of rotatable bonds is 4. The van der Waals surface area contributed by atoms with Gasteiger partial charge in [-0.2, -0.15) is 5.26 Å². The summed E-state index contributed by atoms with van der Waals surface area (Å²) in [5.41, 5.74) is -2.43. The molecule has 1 rings (SSSR count). The lowest BCUT2D eigenvalue weighted by Gasteiger charge is -2.14. The molecule has 0 saturated heterocycles. The Morgan fingerprint density at radius 1 is 1.38 bits per heavy atom. The summed E-state index contributed by atoms with van der Waals surface area (Å²) < 4.78 is 70.3. The molecule has 1 aromatic carbocycles. The molecule has 21 heavy (non-hydrogen) atoms. The van der Waals surface area contributed by atoms with E-state index in [0.29, 0.717) is 12.1 Å². The van der Waals surface area contributed by atoms with Crippen LogP contribution in [-0.4, -0.2) is 18.9 Å². The first kappa shape index (κ1) is 16.7. The van der Waals surface area contributed by atoms with Gasteiger partial charge in [-0.15, -0.1) is 13.2 Å². The maximum absolute atomic E-state index is 12.7. The maximum atomic E-state index is 12.7. The fourth-order valence-corrected chi connectivity index (χ4v) is 1.45. The molecule has 0 saturated carbocycles. The third-order valence-electron chi connectivity index (χ3n) is 2.23. The van der Waals surface area contributed by atoms with Gasteiger partial charge in [-0.1, -0.05) is 0 Å². The van der Waals surface area contributed by atoms with E-state index in [-0.39, 0.29) is 6.61 Å². The van der Waals surface area contributed by atoms with Crippen LogP contribution >= 0.6 is 0 Å². The Morgan fingerprint density at radius 3 is 2.43 bits per heavy atom. The predicted molar refractivity (Wildman–Crippen MR) is 58.8 cm³/mol. The van der Waals surface area contributed by atoms with Crippen molar-refractivity contribution in [1.82, 2.24) is 0 Å². The van der Waals surface area contributed by atoms with Gasteiger partial charge < -0.3 is 9.47 Å². The monoisotopic (exact) mass is 309 g/mol. The third kappa shape index (κ3) is 4.30. The van der Waals surface area contributed by atoms with Gasteiger partial charge in [0.1, 0.15) is 11.3 Å². The standard InChI is InChI=1S/C12H8F5NO3/c1-2-20-11(19)8-4-7(10(13)14)6(5-18)3-9(8)21-12(15,16)17/h3-4,10H,2H2,1H3. The summed E-state index contributed by atoms with van der Waals surface area (Å²) in [5, 5.41) is 8.69. The van der Waals surface area contributed by atoms with Crippen molar-refractivity contribution in [3.63, 3.8) is 0 Å². The number of nitriles is 1. The van der Waals surface area contributed by atoms with Crippen molar-refractivity contribution in [3.05, 3.63) is 28.8 Å². The van der Waals surface area contributed by atoms with Crippen LogP contribution in [0.5, 0.6) is 5.75 Å². The molecule has 0 N–H and O–H groups in total. The Hall–Kier alpha value is -2.37. The molecule has 114 valence electrons. The van der Waals surface area contributed by atoms with Gasteiger partial charge in [-0.05, 0) is 19.1 Å². The van der Waals surface area contributed by atoms with Crippen molar-refractivity contribution in [2.75, 3.05) is 6.61 Å². The summed E-state index contributed by atoms with van der Waals surface area (Å²) in [6, 6.07) is 2.21. The quantitative estimate of drug-likeness (QED) is 0.630. The minimum atomic E-state index is -5.15. The molecule has 0 unspecified atom stereocenters. The van der Waals surface area contributed by atoms with Gasteiger partial charge in [-0.3, -0.25) is 0 Å². The molecule has 0 bridgehead atoms. The first-order chi connectivity index (χ1) is 9.69. The van der Waals surface area contributed by atoms with Crippen LogP contribution in [0, 0.1) is 11.3 Å². The number of carbonyl (C=O) groups is 1. The smallest absolute Gasteiger partial charge is 0.462 e. The fraction of sp³-hybridized carbons (Fsp3) is 0.333. The molecule has 0 aliphatic heterocycles. The molecule has 0 aliphatic carbocycles. The summed E-state index contributed by atoms with van der Waals surface area (Å²) in [4.78, 5) is 11.5. The van der Waals surface area contributed by atoms with E-state index in [9.17, 15) is 26.7 Å². The summed E-state index contributed by atoms with van der Waals surface area (Å²) in [6.45, 7) is 1.22. The average Bonchev–Trinajstić information content (AvgIpc) is 2.36. The highest BCUT2D eigenvalue weighted by Gasteiger charge is 2.34. The highest BCUT2D eigenvalue weighted by molar-refractivity contribution is 5.93. The summed E-state index contributed by atoms with van der Waals surface area (Å²) in [6.07, 6.45) is -8.30. The largest absolute Gasteiger partial charge is 0.573 e. The van der Waals surface area contributed by atoms with Crippen LogP contribution in [0.1, 0.15) is 34.8 Å². The van der Waals surface area contributed by atoms with Crippen molar-refractivity contribution in [1.29, 1.82) is 5.26 Å². The molecule has 0 aromatic heterocycles. The molecule has 0 spiro atoms. The second-order valence-electron chi connectivity index (χ2n) is 3.62. The Morgan fingerprint density at radius 2 is 2.00 bits per heavy atom. The molecule has 0 atom stereocenters. The number of hydrogen-bond acceptors (Lipinski definition) is 4. The van der Waals surface area contributed by atoms with Crippen LogP contribution in [0.4, 0.5) is 22.0 Å². The van der Waals surface area contributed by atoms with E-state index >= 15 is 0 Å². The number of esters is 1. The summed E-state index contributed by atoms with van der Waals surface area (Å²) in [7, 11) is 0. The number of hydrogen-bond donors (Lipinski definition) is 0. The zero-order chi connectivity index (χ0) is 16.2. The number of ether oxygens (including phenoxy) is 2. The van der Waals surface area contributed by atoms with Crippen LogP contribution in [0.3, 0.4) is 0 Å². The molecule has 0 aliphatic rings. The third-order valence-corrected chi connectivity index (χ3v) is 2.23. The molecule has 9 heteroatoms. The fourth-order valence-electron chi connectivity index (χ4n) is 1.45. The number of benzene rings is 1. The van der Waals surface area contributed by atoms with E-state index in [2.05, 4.69) is 9.47 Å². The zero-order valence-electron chi connectivity index (χ0n) is 10.5. The minimum absolute atomic E-state index is 0.172. The predicted octanol–water partition coefficient (Wildman–Crippen LogP) is 3.57. The van der Waals surface area contributed by atoms with E-state index in [1.54, 1.807) is 0 Å². The Bertz CT molecular complexity index is 577. The summed E-state index contributed by atoms with van der Waals surface area (Å²) >= 11 is 0. The van der Waals surface area contributed by atoms with Crippen LogP contribution in [0.2, 0.25) is 0 Å². The van der Waals surface area contributed by atoms with E-state index in [1.807, 2.05) is 0 Å². The lowest BCUT2D eigenvalue weighted by Crippen LogP contribution is -2.20. The molecule has 0 fully saturated rings. The van der Waals surface area contributed by atoms with E-state index in [1.165, 1.54) is 13.0 Å². The van der Waals surface area contributed by atoms with Gasteiger partial charge in [0, 0.05) is 5.56 Å². The van der Waals surface area contributed by atoms with Gasteiger partial charge >= 0.3 is 12.3 Å². The highest BCUT2D eigenvalue weighted by atomic mass is 19.4. The lowest BCUT2D eigenvalue weighted by molar-refractivity contribution is -0.274. The summed E-state index contributed by atoms with van der Waals surface area (Å²) in [5.74, 6) is -2.33. The second-order valence-corrected chi connectivity index (χ2v) is 3.62. The van der Waals surface area contributed by atoms with Crippen molar-refractivity contribution >= 4 is 5.97 Å². The van der Waals surface area contributed by atoms with Crippen molar-refractivity contribution in [3.8, 4) is 11.8 Å². The molecule has 1 aromatic rings. The Labute approximate surface area is 115 Å². The van der Waals surface area contributed by atoms with Gasteiger partial charge in [0.25, 0.3) is 6.43 Å². The van der Waals surface area contributed by atoms with Crippen LogP contribution < -0.4 is 4.74 Å². The van der Waals surface area contributed by atoms with Gasteiger partial charge in [0.2, 0.25) is 0 Å². The zero-order valence-corrected chi connectivity index (χ0v) is 10.5. The molecule has 0 amide bonds. The van der Waals surface area contributed by atoms with Crippen LogP contribution in [-0.2, 0) is 4.74 Å². The van der Waals surface area contributed by atoms with E-state index in [0.717, 1.165) is 0 Å². The maximum Gasteiger partial charge on any atom is 0.573 e. The van der Waals surface area contributed by atoms with Gasteiger partial charge in [0.15, 0.2) is 0 Å². The molecular weight excluding hydrogens is 301 g/mol. The molecule has 4 nitrogen and oxygen atoms in total. The van der Waals surface area contributed by atoms with E-state index < -0.39 is 41.2 Å². The average molecular weight is 309 g/mol. The Balaban J connectivity index is 3.45. The number of alkyl halides is 5. The normalized spacial score (nSPS) is 11.1. The first-order valence-electron chi connectivity index (χ1n) is 5.48. The van der Waals surface area contributed by atoms with Crippen molar-refractivity contribution in [2.45, 2.75) is 19.7 Å². The SMILES string of the molecule is CCOC(=O)c1cc(C(F)F)c(C#N)cc1OC(F)(F)F. The van der Waals surface area contributed by atoms with Crippen LogP contribution in [0.25, 0.3) is 0 Å². The topological polar surface area (TPSA) is 59.3 Å². The lowest BCUT2D eigenvalue weighted by atomic mass is 10.0.